The molecule has 0 bridgehead atoms. The van der Waals surface area contributed by atoms with E-state index in [-0.39, 0.29) is 11.7 Å². The third kappa shape index (κ3) is 3.13. The van der Waals surface area contributed by atoms with Gasteiger partial charge in [0, 0.05) is 10.3 Å². The Hall–Kier alpha value is -2.14. The summed E-state index contributed by atoms with van der Waals surface area (Å²) in [5, 5.41) is 15.1. The van der Waals surface area contributed by atoms with Crippen LogP contribution in [0.15, 0.2) is 34.7 Å². The summed E-state index contributed by atoms with van der Waals surface area (Å²) in [5.74, 6) is 0.0607. The molecular weight excluding hydrogens is 284 g/mol. The number of hydrogen-bond donors (Lipinski definition) is 2. The second-order valence-electron chi connectivity index (χ2n) is 5.05. The minimum Gasteiger partial charge on any atom is -0.508 e. The number of carbonyl (C=O) groups is 1. The first-order chi connectivity index (χ1) is 10.2. The molecule has 0 saturated heterocycles. The van der Waals surface area contributed by atoms with Crippen molar-refractivity contribution in [3.05, 3.63) is 51.2 Å². The van der Waals surface area contributed by atoms with E-state index in [0.29, 0.717) is 0 Å². The van der Waals surface area contributed by atoms with Crippen LogP contribution in [0.25, 0.3) is 0 Å². The van der Waals surface area contributed by atoms with Crippen LogP contribution >= 0.6 is 11.3 Å². The van der Waals surface area contributed by atoms with Crippen LogP contribution in [0.3, 0.4) is 0 Å². The van der Waals surface area contributed by atoms with Gasteiger partial charge in [0.1, 0.15) is 5.75 Å². The fourth-order valence-electron chi connectivity index (χ4n) is 2.47. The largest absolute Gasteiger partial charge is 0.508 e. The van der Waals surface area contributed by atoms with Crippen LogP contribution in [0.1, 0.15) is 39.2 Å². The Morgan fingerprint density at radius 2 is 2.00 bits per heavy atom. The third-order valence-corrected chi connectivity index (χ3v) is 4.67. The number of phenols is 1. The van der Waals surface area contributed by atoms with Crippen molar-refractivity contribution in [2.75, 3.05) is 0 Å². The number of aryl methyl sites for hydroxylation is 1. The first-order valence-electron chi connectivity index (χ1n) is 6.96. The first kappa shape index (κ1) is 13.8. The molecule has 1 aromatic carbocycles. The predicted octanol–water partition coefficient (Wildman–Crippen LogP) is 3.10. The molecule has 0 saturated carbocycles. The summed E-state index contributed by atoms with van der Waals surface area (Å²) in [6, 6.07) is 6.63. The lowest BCUT2D eigenvalue weighted by Gasteiger charge is -2.11. The molecular formula is C16H16N2O2S. The molecule has 0 spiro atoms. The standard InChI is InChI=1S/C16H16N2O2S/c19-12-7-5-11(6-8-12)9-17-18-16(20)14-10-21-15-4-2-1-3-13(14)15/h5-10,19H,1-4H2,(H,18,20)/b17-9-. The van der Waals surface area contributed by atoms with E-state index in [4.69, 9.17) is 0 Å². The van der Waals surface area contributed by atoms with Crippen molar-refractivity contribution in [3.8, 4) is 5.75 Å². The highest BCUT2D eigenvalue weighted by atomic mass is 32.1. The van der Waals surface area contributed by atoms with Gasteiger partial charge in [-0.25, -0.2) is 5.43 Å². The summed E-state index contributed by atoms with van der Waals surface area (Å²) in [5.41, 5.74) is 5.35. The van der Waals surface area contributed by atoms with Crippen LogP contribution in [-0.4, -0.2) is 17.2 Å². The molecule has 1 amide bonds. The molecule has 0 fully saturated rings. The molecule has 1 aliphatic carbocycles. The summed E-state index contributed by atoms with van der Waals surface area (Å²) >= 11 is 1.67. The minimum atomic E-state index is -0.149. The number of amides is 1. The highest BCUT2D eigenvalue weighted by molar-refractivity contribution is 7.10. The second kappa shape index (κ2) is 6.10. The molecule has 108 valence electrons. The predicted molar refractivity (Wildman–Crippen MR) is 84.1 cm³/mol. The molecule has 1 heterocycles. The van der Waals surface area contributed by atoms with Crippen molar-refractivity contribution in [2.24, 2.45) is 5.10 Å². The van der Waals surface area contributed by atoms with Gasteiger partial charge in [-0.2, -0.15) is 5.10 Å². The monoisotopic (exact) mass is 300 g/mol. The average Bonchev–Trinajstić information content (AvgIpc) is 2.93. The third-order valence-electron chi connectivity index (χ3n) is 3.58. The van der Waals surface area contributed by atoms with Gasteiger partial charge in [-0.05, 0) is 61.1 Å². The van der Waals surface area contributed by atoms with Gasteiger partial charge in [0.25, 0.3) is 5.91 Å². The molecule has 1 aromatic heterocycles. The molecule has 2 N–H and O–H groups in total. The van der Waals surface area contributed by atoms with E-state index in [1.54, 1.807) is 41.8 Å². The number of fused-ring (bicyclic) bond motifs is 1. The zero-order chi connectivity index (χ0) is 14.7. The Balaban J connectivity index is 1.66. The lowest BCUT2D eigenvalue weighted by Crippen LogP contribution is -2.19. The smallest absolute Gasteiger partial charge is 0.272 e. The fraction of sp³-hybridized carbons (Fsp3) is 0.250. The Morgan fingerprint density at radius 1 is 1.24 bits per heavy atom. The lowest BCUT2D eigenvalue weighted by molar-refractivity contribution is 0.0954. The van der Waals surface area contributed by atoms with Crippen LogP contribution in [0, 0.1) is 0 Å². The van der Waals surface area contributed by atoms with Gasteiger partial charge in [-0.1, -0.05) is 0 Å². The van der Waals surface area contributed by atoms with Crippen molar-refractivity contribution in [1.82, 2.24) is 5.43 Å². The number of benzene rings is 1. The van der Waals surface area contributed by atoms with Gasteiger partial charge in [-0.15, -0.1) is 11.3 Å². The number of hydrazone groups is 1. The molecule has 3 rings (SSSR count). The van der Waals surface area contributed by atoms with E-state index < -0.39 is 0 Å². The molecule has 5 heteroatoms. The number of phenolic OH excluding ortho intramolecular Hbond substituents is 1. The molecule has 1 aliphatic rings. The van der Waals surface area contributed by atoms with Crippen LogP contribution in [0.4, 0.5) is 0 Å². The number of nitrogens with one attached hydrogen (secondary N) is 1. The highest BCUT2D eigenvalue weighted by Gasteiger charge is 2.19. The number of carbonyl (C=O) groups excluding carboxylic acids is 1. The number of nitrogens with zero attached hydrogens (tertiary/aromatic N) is 1. The van der Waals surface area contributed by atoms with E-state index in [2.05, 4.69) is 10.5 Å². The number of rotatable bonds is 3. The highest BCUT2D eigenvalue weighted by Crippen LogP contribution is 2.30. The van der Waals surface area contributed by atoms with E-state index >= 15 is 0 Å². The molecule has 0 radical (unpaired) electrons. The molecule has 2 aromatic rings. The van der Waals surface area contributed by atoms with Gasteiger partial charge < -0.3 is 5.11 Å². The second-order valence-corrected chi connectivity index (χ2v) is 6.01. The first-order valence-corrected chi connectivity index (χ1v) is 7.83. The SMILES string of the molecule is O=C(N/N=C\c1ccc(O)cc1)c1csc2c1CCCC2. The zero-order valence-corrected chi connectivity index (χ0v) is 12.3. The van der Waals surface area contributed by atoms with Crippen molar-refractivity contribution >= 4 is 23.5 Å². The van der Waals surface area contributed by atoms with Crippen LogP contribution in [-0.2, 0) is 12.8 Å². The molecule has 0 aliphatic heterocycles. The van der Waals surface area contributed by atoms with Gasteiger partial charge in [0.05, 0.1) is 11.8 Å². The molecule has 0 unspecified atom stereocenters. The van der Waals surface area contributed by atoms with Gasteiger partial charge in [0.2, 0.25) is 0 Å². The van der Waals surface area contributed by atoms with Gasteiger partial charge in [0.15, 0.2) is 0 Å². The summed E-state index contributed by atoms with van der Waals surface area (Å²) in [7, 11) is 0. The number of aromatic hydroxyl groups is 1. The molecule has 21 heavy (non-hydrogen) atoms. The van der Waals surface area contributed by atoms with E-state index in [0.717, 1.165) is 30.4 Å². The van der Waals surface area contributed by atoms with Crippen molar-refractivity contribution in [3.63, 3.8) is 0 Å². The molecule has 4 nitrogen and oxygen atoms in total. The maximum absolute atomic E-state index is 12.2. The normalized spacial score (nSPS) is 14.1. The Bertz CT molecular complexity index is 674. The average molecular weight is 300 g/mol. The summed E-state index contributed by atoms with van der Waals surface area (Å²) in [6.45, 7) is 0. The fourth-order valence-corrected chi connectivity index (χ4v) is 3.60. The van der Waals surface area contributed by atoms with Gasteiger partial charge >= 0.3 is 0 Å². The minimum absolute atomic E-state index is 0.149. The number of thiophene rings is 1. The quantitative estimate of drug-likeness (QED) is 0.676. The van der Waals surface area contributed by atoms with E-state index in [1.165, 1.54) is 16.9 Å². The maximum atomic E-state index is 12.2. The van der Waals surface area contributed by atoms with Crippen LogP contribution < -0.4 is 5.43 Å². The van der Waals surface area contributed by atoms with E-state index in [9.17, 15) is 9.90 Å². The van der Waals surface area contributed by atoms with Crippen molar-refractivity contribution < 1.29 is 9.90 Å². The Morgan fingerprint density at radius 3 is 2.81 bits per heavy atom. The van der Waals surface area contributed by atoms with Crippen LogP contribution in [0.5, 0.6) is 5.75 Å². The number of hydrogen-bond acceptors (Lipinski definition) is 4. The lowest BCUT2D eigenvalue weighted by atomic mass is 9.96. The molecule has 0 atom stereocenters. The summed E-state index contributed by atoms with van der Waals surface area (Å²) in [4.78, 5) is 13.5. The summed E-state index contributed by atoms with van der Waals surface area (Å²) in [6.07, 6.45) is 6.01. The van der Waals surface area contributed by atoms with Crippen LogP contribution in [0.2, 0.25) is 0 Å². The Labute approximate surface area is 127 Å². The van der Waals surface area contributed by atoms with Gasteiger partial charge in [-0.3, -0.25) is 4.79 Å². The topological polar surface area (TPSA) is 61.7 Å². The maximum Gasteiger partial charge on any atom is 0.272 e. The summed E-state index contributed by atoms with van der Waals surface area (Å²) < 4.78 is 0. The Kier molecular flexibility index (Phi) is 4.01. The zero-order valence-electron chi connectivity index (χ0n) is 11.5. The van der Waals surface area contributed by atoms with E-state index in [1.807, 2.05) is 5.38 Å². The van der Waals surface area contributed by atoms with Crippen molar-refractivity contribution in [1.29, 1.82) is 0 Å². The van der Waals surface area contributed by atoms with Crippen molar-refractivity contribution in [2.45, 2.75) is 25.7 Å².